The lowest BCUT2D eigenvalue weighted by Crippen LogP contribution is -2.22. The quantitative estimate of drug-likeness (QED) is 0.737. The van der Waals surface area contributed by atoms with E-state index in [4.69, 9.17) is 0 Å². The fourth-order valence-corrected chi connectivity index (χ4v) is 2.35. The van der Waals surface area contributed by atoms with Gasteiger partial charge in [-0.1, -0.05) is 48.5 Å². The topological polar surface area (TPSA) is 43.4 Å². The second-order valence-corrected chi connectivity index (χ2v) is 4.84. The van der Waals surface area contributed by atoms with Crippen LogP contribution < -0.4 is 10.0 Å². The molecule has 0 aliphatic carbocycles. The van der Waals surface area contributed by atoms with Gasteiger partial charge >= 0.3 is 0 Å². The van der Waals surface area contributed by atoms with Gasteiger partial charge in [0.1, 0.15) is 0 Å². The van der Waals surface area contributed by atoms with E-state index >= 15 is 0 Å². The van der Waals surface area contributed by atoms with Crippen molar-refractivity contribution in [3.63, 3.8) is 0 Å². The van der Waals surface area contributed by atoms with Crippen LogP contribution in [0.25, 0.3) is 0 Å². The fraction of sp³-hybridized carbons (Fsp3) is 0. The lowest BCUT2D eigenvalue weighted by Gasteiger charge is -2.25. The summed E-state index contributed by atoms with van der Waals surface area (Å²) in [5.74, 6) is -1.17. The predicted octanol–water partition coefficient (Wildman–Crippen LogP) is 3.52. The third kappa shape index (κ3) is 2.83. The summed E-state index contributed by atoms with van der Waals surface area (Å²) in [6.07, 6.45) is 0. The smallest absolute Gasteiger partial charge is 0.0715 e. The van der Waals surface area contributed by atoms with E-state index < -0.39 is 5.97 Å². The number of carbonyl (C=O) groups is 1. The first-order valence-electron chi connectivity index (χ1n) is 6.97. The van der Waals surface area contributed by atoms with Gasteiger partial charge in [-0.2, -0.15) is 0 Å². The number of para-hydroxylation sites is 2. The average Bonchev–Trinajstić information content (AvgIpc) is 2.57. The Morgan fingerprint density at radius 2 is 1.05 bits per heavy atom. The van der Waals surface area contributed by atoms with E-state index in [1.807, 2.05) is 60.7 Å². The van der Waals surface area contributed by atoms with E-state index in [1.165, 1.54) is 0 Å². The molecule has 108 valence electrons. The Bertz CT molecular complexity index is 713. The number of carboxylic acid groups (broad SMARTS) is 1. The van der Waals surface area contributed by atoms with Crippen molar-refractivity contribution in [2.24, 2.45) is 0 Å². The number of rotatable bonds is 4. The third-order valence-corrected chi connectivity index (χ3v) is 3.39. The number of hydrogen-bond donors (Lipinski definition) is 0. The number of anilines is 3. The van der Waals surface area contributed by atoms with Crippen molar-refractivity contribution in [2.75, 3.05) is 4.90 Å². The molecule has 0 unspecified atom stereocenters. The number of nitrogens with zero attached hydrogens (tertiary/aromatic N) is 1. The Kier molecular flexibility index (Phi) is 3.88. The van der Waals surface area contributed by atoms with Crippen molar-refractivity contribution in [3.8, 4) is 0 Å². The Morgan fingerprint density at radius 3 is 1.45 bits per heavy atom. The molecule has 3 aromatic rings. The second-order valence-electron chi connectivity index (χ2n) is 4.84. The maximum atomic E-state index is 10.9. The van der Waals surface area contributed by atoms with Crippen molar-refractivity contribution in [1.29, 1.82) is 0 Å². The summed E-state index contributed by atoms with van der Waals surface area (Å²) in [6.45, 7) is 0. The maximum absolute atomic E-state index is 10.9. The van der Waals surface area contributed by atoms with Crippen molar-refractivity contribution >= 4 is 23.0 Å². The normalized spacial score (nSPS) is 10.2. The lowest BCUT2D eigenvalue weighted by atomic mass is 10.1. The Balaban J connectivity index is 2.08. The van der Waals surface area contributed by atoms with Crippen LogP contribution in [0, 0.1) is 0 Å². The van der Waals surface area contributed by atoms with Crippen LogP contribution in [0.1, 0.15) is 10.4 Å². The van der Waals surface area contributed by atoms with Gasteiger partial charge in [-0.3, -0.25) is 0 Å². The largest absolute Gasteiger partial charge is 0.545 e. The van der Waals surface area contributed by atoms with Crippen LogP contribution in [0.4, 0.5) is 17.1 Å². The van der Waals surface area contributed by atoms with Crippen molar-refractivity contribution in [3.05, 3.63) is 90.5 Å². The van der Waals surface area contributed by atoms with Gasteiger partial charge < -0.3 is 14.8 Å². The number of benzene rings is 3. The molecule has 0 fully saturated rings. The second kappa shape index (κ2) is 6.14. The molecule has 3 aromatic carbocycles. The van der Waals surface area contributed by atoms with E-state index in [2.05, 4.69) is 4.90 Å². The van der Waals surface area contributed by atoms with Gasteiger partial charge in [0.25, 0.3) is 0 Å². The molecule has 0 aromatic heterocycles. The van der Waals surface area contributed by atoms with Crippen molar-refractivity contribution < 1.29 is 9.90 Å². The molecule has 22 heavy (non-hydrogen) atoms. The van der Waals surface area contributed by atoms with E-state index in [1.54, 1.807) is 24.3 Å². The molecule has 3 heteroatoms. The summed E-state index contributed by atoms with van der Waals surface area (Å²) in [4.78, 5) is 13.0. The van der Waals surface area contributed by atoms with Gasteiger partial charge in [0, 0.05) is 17.1 Å². The van der Waals surface area contributed by atoms with Crippen LogP contribution in [0.5, 0.6) is 0 Å². The molecular formula is C19H14NO2-. The molecule has 0 aliphatic heterocycles. The molecule has 0 atom stereocenters. The van der Waals surface area contributed by atoms with Gasteiger partial charge in [0.05, 0.1) is 5.97 Å². The summed E-state index contributed by atoms with van der Waals surface area (Å²) < 4.78 is 0. The van der Waals surface area contributed by atoms with Crippen molar-refractivity contribution in [1.82, 2.24) is 0 Å². The minimum absolute atomic E-state index is 0.171. The van der Waals surface area contributed by atoms with E-state index in [9.17, 15) is 9.90 Å². The molecule has 0 spiro atoms. The van der Waals surface area contributed by atoms with Crippen LogP contribution in [0.15, 0.2) is 84.9 Å². The predicted molar refractivity (Wildman–Crippen MR) is 85.5 cm³/mol. The maximum Gasteiger partial charge on any atom is 0.0715 e. The third-order valence-electron chi connectivity index (χ3n) is 3.39. The standard InChI is InChI=1S/C19H15NO2/c21-19(22)15-11-13-18(14-12-15)20(16-7-3-1-4-8-16)17-9-5-2-6-10-17/h1-14H,(H,21,22)/p-1. The molecule has 0 amide bonds. The summed E-state index contributed by atoms with van der Waals surface area (Å²) in [6, 6.07) is 26.6. The van der Waals surface area contributed by atoms with Gasteiger partial charge in [-0.15, -0.1) is 0 Å². The number of hydrogen-bond acceptors (Lipinski definition) is 3. The van der Waals surface area contributed by atoms with Crippen LogP contribution in [-0.4, -0.2) is 5.97 Å². The molecule has 0 radical (unpaired) electrons. The van der Waals surface area contributed by atoms with Crippen LogP contribution in [0.3, 0.4) is 0 Å². The van der Waals surface area contributed by atoms with Gasteiger partial charge in [0.2, 0.25) is 0 Å². The van der Waals surface area contributed by atoms with E-state index in [0.717, 1.165) is 17.1 Å². The van der Waals surface area contributed by atoms with Crippen LogP contribution in [0.2, 0.25) is 0 Å². The first-order valence-corrected chi connectivity index (χ1v) is 6.97. The first kappa shape index (κ1) is 13.9. The highest BCUT2D eigenvalue weighted by Gasteiger charge is 2.11. The number of aromatic carboxylic acids is 1. The zero-order valence-corrected chi connectivity index (χ0v) is 11.8. The summed E-state index contributed by atoms with van der Waals surface area (Å²) in [5.41, 5.74) is 3.08. The van der Waals surface area contributed by atoms with E-state index in [0.29, 0.717) is 0 Å². The van der Waals surface area contributed by atoms with Crippen molar-refractivity contribution in [2.45, 2.75) is 0 Å². The van der Waals surface area contributed by atoms with Gasteiger partial charge in [-0.25, -0.2) is 0 Å². The van der Waals surface area contributed by atoms with Gasteiger partial charge in [-0.05, 0) is 42.0 Å². The molecule has 0 heterocycles. The summed E-state index contributed by atoms with van der Waals surface area (Å²) >= 11 is 0. The van der Waals surface area contributed by atoms with Crippen LogP contribution in [-0.2, 0) is 0 Å². The molecule has 0 bridgehead atoms. The molecule has 0 aliphatic rings. The molecule has 3 rings (SSSR count). The van der Waals surface area contributed by atoms with Gasteiger partial charge in [0.15, 0.2) is 0 Å². The zero-order chi connectivity index (χ0) is 15.4. The Hall–Kier alpha value is -3.07. The lowest BCUT2D eigenvalue weighted by molar-refractivity contribution is -0.255. The molecule has 0 N–H and O–H groups in total. The molecule has 3 nitrogen and oxygen atoms in total. The zero-order valence-electron chi connectivity index (χ0n) is 11.8. The fourth-order valence-electron chi connectivity index (χ4n) is 2.35. The van der Waals surface area contributed by atoms with E-state index in [-0.39, 0.29) is 5.56 Å². The Labute approximate surface area is 129 Å². The highest BCUT2D eigenvalue weighted by atomic mass is 16.4. The highest BCUT2D eigenvalue weighted by molar-refractivity contribution is 5.87. The monoisotopic (exact) mass is 288 g/mol. The minimum atomic E-state index is -1.17. The minimum Gasteiger partial charge on any atom is -0.545 e. The molecule has 0 saturated carbocycles. The number of carboxylic acids is 1. The average molecular weight is 288 g/mol. The van der Waals surface area contributed by atoms with Crippen LogP contribution >= 0.6 is 0 Å². The summed E-state index contributed by atoms with van der Waals surface area (Å²) in [5, 5.41) is 10.9. The highest BCUT2D eigenvalue weighted by Crippen LogP contribution is 2.33. The number of carbonyl (C=O) groups excluding carboxylic acids is 1. The Morgan fingerprint density at radius 1 is 0.636 bits per heavy atom. The summed E-state index contributed by atoms with van der Waals surface area (Å²) in [7, 11) is 0. The first-order chi connectivity index (χ1) is 10.8. The SMILES string of the molecule is O=C([O-])c1ccc(N(c2ccccc2)c2ccccc2)cc1. The molecule has 0 saturated heterocycles. The molecular weight excluding hydrogens is 274 g/mol.